The highest BCUT2D eigenvalue weighted by atomic mass is 79.9. The first-order valence-electron chi connectivity index (χ1n) is 3.60. The van der Waals surface area contributed by atoms with E-state index in [9.17, 15) is 14.7 Å². The summed E-state index contributed by atoms with van der Waals surface area (Å²) >= 11 is 6.11. The van der Waals surface area contributed by atoms with Crippen LogP contribution in [0.25, 0.3) is 0 Å². The molecule has 0 aliphatic carbocycles. The fourth-order valence-electron chi connectivity index (χ4n) is 0.943. The third-order valence-corrected chi connectivity index (χ3v) is 2.91. The molecule has 6 heteroatoms. The van der Waals surface area contributed by atoms with Crippen LogP contribution in [0.15, 0.2) is 13.7 Å². The van der Waals surface area contributed by atoms with Crippen molar-refractivity contribution >= 4 is 37.6 Å². The zero-order chi connectivity index (χ0) is 10.9. The van der Waals surface area contributed by atoms with Crippen LogP contribution in [0.1, 0.15) is 23.0 Å². The number of Topliss-reactive ketones (excluding diaryl/α,β-unsaturated/α-hetero) is 1. The van der Waals surface area contributed by atoms with E-state index in [0.29, 0.717) is 0 Å². The summed E-state index contributed by atoms with van der Waals surface area (Å²) in [4.78, 5) is 22.2. The van der Waals surface area contributed by atoms with Crippen molar-refractivity contribution in [2.75, 3.05) is 0 Å². The Kier molecular flexibility index (Phi) is 3.49. The molecule has 0 amide bonds. The largest absolute Gasteiger partial charge is 0.506 e. The van der Waals surface area contributed by atoms with Gasteiger partial charge in [0.05, 0.1) is 9.80 Å². The van der Waals surface area contributed by atoms with Gasteiger partial charge in [0.25, 0.3) is 0 Å². The highest BCUT2D eigenvalue weighted by molar-refractivity contribution is 9.10. The molecule has 1 aromatic heterocycles. The van der Waals surface area contributed by atoms with Crippen molar-refractivity contribution in [1.29, 1.82) is 0 Å². The Bertz CT molecular complexity index is 436. The van der Waals surface area contributed by atoms with E-state index in [2.05, 4.69) is 31.9 Å². The van der Waals surface area contributed by atoms with Crippen LogP contribution < -0.4 is 5.63 Å². The van der Waals surface area contributed by atoms with Crippen LogP contribution >= 0.6 is 31.9 Å². The van der Waals surface area contributed by atoms with Crippen LogP contribution in [0.2, 0.25) is 0 Å². The molecule has 76 valence electrons. The number of carbonyl (C=O) groups excluding carboxylic acids is 1. The number of carbonyl (C=O) groups is 1. The van der Waals surface area contributed by atoms with E-state index in [4.69, 9.17) is 4.42 Å². The first kappa shape index (κ1) is 11.5. The Hall–Kier alpha value is -0.620. The van der Waals surface area contributed by atoms with Crippen LogP contribution in [0.3, 0.4) is 0 Å². The molecular formula is C8H6Br2O4. The molecule has 0 fully saturated rings. The molecule has 0 aliphatic heterocycles. The summed E-state index contributed by atoms with van der Waals surface area (Å²) in [5, 5.41) is 9.78. The van der Waals surface area contributed by atoms with E-state index < -0.39 is 11.4 Å². The summed E-state index contributed by atoms with van der Waals surface area (Å²) in [6.45, 7) is 1.19. The van der Waals surface area contributed by atoms with Crippen molar-refractivity contribution in [2.24, 2.45) is 0 Å². The fourth-order valence-corrected chi connectivity index (χ4v) is 2.13. The lowest BCUT2D eigenvalue weighted by atomic mass is 10.2. The van der Waals surface area contributed by atoms with Gasteiger partial charge in [-0.05, 0) is 22.9 Å². The van der Waals surface area contributed by atoms with Gasteiger partial charge in [-0.15, -0.1) is 0 Å². The predicted octanol–water partition coefficient (Wildman–Crippen LogP) is 2.21. The Labute approximate surface area is 96.2 Å². The Morgan fingerprint density at radius 1 is 1.57 bits per heavy atom. The molecule has 0 saturated heterocycles. The van der Waals surface area contributed by atoms with Crippen molar-refractivity contribution < 1.29 is 14.3 Å². The molecule has 1 N–H and O–H groups in total. The number of aromatic hydroxyl groups is 1. The molecule has 1 heterocycles. The lowest BCUT2D eigenvalue weighted by Crippen LogP contribution is -2.13. The number of hydrogen-bond donors (Lipinski definition) is 1. The zero-order valence-corrected chi connectivity index (χ0v) is 10.3. The summed E-state index contributed by atoms with van der Waals surface area (Å²) in [7, 11) is 0. The Morgan fingerprint density at radius 2 is 2.14 bits per heavy atom. The zero-order valence-electron chi connectivity index (χ0n) is 7.13. The molecule has 0 bridgehead atoms. The van der Waals surface area contributed by atoms with Crippen molar-refractivity contribution in [1.82, 2.24) is 0 Å². The van der Waals surface area contributed by atoms with Gasteiger partial charge in [-0.3, -0.25) is 4.79 Å². The topological polar surface area (TPSA) is 67.5 Å². The molecule has 14 heavy (non-hydrogen) atoms. The molecular weight excluding hydrogens is 320 g/mol. The van der Waals surface area contributed by atoms with Crippen LogP contribution in [-0.2, 0) is 5.33 Å². The van der Waals surface area contributed by atoms with E-state index in [1.54, 1.807) is 0 Å². The Balaban J connectivity index is 3.57. The quantitative estimate of drug-likeness (QED) is 0.668. The molecule has 0 atom stereocenters. The average Bonchev–Trinajstić information content (AvgIpc) is 2.10. The minimum atomic E-state index is -0.826. The average molecular weight is 326 g/mol. The Morgan fingerprint density at radius 3 is 2.57 bits per heavy atom. The van der Waals surface area contributed by atoms with Crippen LogP contribution in [0, 0.1) is 0 Å². The minimum Gasteiger partial charge on any atom is -0.506 e. The monoisotopic (exact) mass is 324 g/mol. The number of alkyl halides is 1. The molecule has 0 spiro atoms. The molecule has 0 saturated carbocycles. The van der Waals surface area contributed by atoms with Gasteiger partial charge in [-0.2, -0.15) is 0 Å². The second kappa shape index (κ2) is 4.27. The van der Waals surface area contributed by atoms with Gasteiger partial charge >= 0.3 is 5.63 Å². The molecule has 4 nitrogen and oxygen atoms in total. The second-order valence-electron chi connectivity index (χ2n) is 2.54. The van der Waals surface area contributed by atoms with E-state index in [1.807, 2.05) is 0 Å². The van der Waals surface area contributed by atoms with E-state index in [-0.39, 0.29) is 26.9 Å². The number of ketones is 1. The maximum atomic E-state index is 11.2. The first-order valence-corrected chi connectivity index (χ1v) is 5.51. The summed E-state index contributed by atoms with van der Waals surface area (Å²) in [5.41, 5.74) is -1.16. The van der Waals surface area contributed by atoms with E-state index in [1.165, 1.54) is 6.92 Å². The van der Waals surface area contributed by atoms with Crippen molar-refractivity contribution in [3.63, 3.8) is 0 Å². The summed E-state index contributed by atoms with van der Waals surface area (Å²) in [5.74, 6) is -0.654. The van der Waals surface area contributed by atoms with Gasteiger partial charge in [-0.25, -0.2) is 4.79 Å². The smallest absolute Gasteiger partial charge is 0.350 e. The van der Waals surface area contributed by atoms with Crippen molar-refractivity contribution in [2.45, 2.75) is 12.3 Å². The maximum absolute atomic E-state index is 11.2. The lowest BCUT2D eigenvalue weighted by molar-refractivity contribution is 0.101. The normalized spacial score (nSPS) is 10.2. The number of hydrogen-bond acceptors (Lipinski definition) is 4. The SMILES string of the molecule is CC(=O)c1c(O)c(Br)c(CBr)oc1=O. The van der Waals surface area contributed by atoms with Crippen LogP contribution in [0.5, 0.6) is 5.75 Å². The summed E-state index contributed by atoms with van der Waals surface area (Å²) < 4.78 is 5.02. The standard InChI is InChI=1S/C8H6Br2O4/c1-3(11)5-7(12)6(10)4(2-9)14-8(5)13/h12H,2H2,1H3. The van der Waals surface area contributed by atoms with E-state index in [0.717, 1.165) is 0 Å². The molecule has 0 unspecified atom stereocenters. The van der Waals surface area contributed by atoms with Crippen LogP contribution in [0.4, 0.5) is 0 Å². The first-order chi connectivity index (χ1) is 6.49. The van der Waals surface area contributed by atoms with Gasteiger partial charge in [0.1, 0.15) is 11.3 Å². The molecule has 0 aromatic carbocycles. The summed E-state index contributed by atoms with van der Waals surface area (Å²) in [6.07, 6.45) is 0. The second-order valence-corrected chi connectivity index (χ2v) is 3.89. The highest BCUT2D eigenvalue weighted by Crippen LogP contribution is 2.30. The third-order valence-electron chi connectivity index (χ3n) is 1.58. The number of halogens is 2. The van der Waals surface area contributed by atoms with Gasteiger partial charge < -0.3 is 9.52 Å². The minimum absolute atomic E-state index is 0.221. The van der Waals surface area contributed by atoms with Crippen molar-refractivity contribution in [3.8, 4) is 5.75 Å². The molecule has 0 radical (unpaired) electrons. The maximum Gasteiger partial charge on any atom is 0.350 e. The molecule has 1 rings (SSSR count). The predicted molar refractivity (Wildman–Crippen MR) is 57.0 cm³/mol. The molecule has 1 aromatic rings. The van der Waals surface area contributed by atoms with Crippen molar-refractivity contribution in [3.05, 3.63) is 26.2 Å². The fraction of sp³-hybridized carbons (Fsp3) is 0.250. The summed E-state index contributed by atoms with van der Waals surface area (Å²) in [6, 6.07) is 0. The third kappa shape index (κ3) is 1.90. The lowest BCUT2D eigenvalue weighted by Gasteiger charge is -2.04. The van der Waals surface area contributed by atoms with Gasteiger partial charge in [0.2, 0.25) is 0 Å². The molecule has 0 aliphatic rings. The van der Waals surface area contributed by atoms with Crippen LogP contribution in [-0.4, -0.2) is 10.9 Å². The van der Waals surface area contributed by atoms with Gasteiger partial charge in [0, 0.05) is 0 Å². The number of rotatable bonds is 2. The van der Waals surface area contributed by atoms with Gasteiger partial charge in [-0.1, -0.05) is 15.9 Å². The highest BCUT2D eigenvalue weighted by Gasteiger charge is 2.19. The van der Waals surface area contributed by atoms with E-state index >= 15 is 0 Å². The van der Waals surface area contributed by atoms with Gasteiger partial charge in [0.15, 0.2) is 11.5 Å².